The normalized spacial score (nSPS) is 13.7. The number of carbonyl (C=O) groups excluding carboxylic acids is 1. The van der Waals surface area contributed by atoms with Crippen molar-refractivity contribution in [2.24, 2.45) is 5.73 Å². The molecule has 0 aromatic heterocycles. The number of nitrogens with one attached hydrogen (secondary N) is 1. The minimum atomic E-state index is -3.23. The topological polar surface area (TPSA) is 92.5 Å². The first kappa shape index (κ1) is 16.3. The molecule has 1 atom stereocenters. The van der Waals surface area contributed by atoms with E-state index in [1.165, 1.54) is 14.1 Å². The van der Waals surface area contributed by atoms with E-state index in [9.17, 15) is 13.2 Å². The zero-order valence-corrected chi connectivity index (χ0v) is 11.6. The van der Waals surface area contributed by atoms with Crippen LogP contribution in [0.1, 0.15) is 26.2 Å². The van der Waals surface area contributed by atoms with Crippen molar-refractivity contribution < 1.29 is 13.2 Å². The van der Waals surface area contributed by atoms with Gasteiger partial charge in [-0.2, -0.15) is 0 Å². The molecule has 0 aromatic rings. The van der Waals surface area contributed by atoms with Crippen LogP contribution in [0.3, 0.4) is 0 Å². The van der Waals surface area contributed by atoms with Crippen molar-refractivity contribution in [3.63, 3.8) is 0 Å². The van der Waals surface area contributed by atoms with Crippen LogP contribution in [0, 0.1) is 0 Å². The summed E-state index contributed by atoms with van der Waals surface area (Å²) in [7, 11) is -0.285. The van der Waals surface area contributed by atoms with Crippen LogP contribution >= 0.6 is 0 Å². The average Bonchev–Trinajstić information content (AvgIpc) is 2.16. The minimum Gasteiger partial charge on any atom is -0.355 e. The summed E-state index contributed by atoms with van der Waals surface area (Å²) in [5.41, 5.74) is 5.55. The van der Waals surface area contributed by atoms with Crippen LogP contribution in [0.2, 0.25) is 0 Å². The molecular weight excluding hydrogens is 242 g/mol. The highest BCUT2D eigenvalue weighted by Crippen LogP contribution is 1.98. The Morgan fingerprint density at radius 2 is 2.00 bits per heavy atom. The molecule has 0 fully saturated rings. The molecule has 0 heterocycles. The minimum absolute atomic E-state index is 0.0704. The Hall–Kier alpha value is -0.660. The Bertz CT molecular complexity index is 326. The van der Waals surface area contributed by atoms with Gasteiger partial charge in [0, 0.05) is 33.1 Å². The monoisotopic (exact) mass is 265 g/mol. The molecule has 0 aliphatic rings. The number of carbonyl (C=O) groups is 1. The Morgan fingerprint density at radius 3 is 2.47 bits per heavy atom. The van der Waals surface area contributed by atoms with E-state index in [1.807, 2.05) is 6.92 Å². The van der Waals surface area contributed by atoms with E-state index in [2.05, 4.69) is 5.32 Å². The van der Waals surface area contributed by atoms with Gasteiger partial charge in [0.05, 0.1) is 5.75 Å². The second kappa shape index (κ2) is 7.62. The zero-order chi connectivity index (χ0) is 13.5. The van der Waals surface area contributed by atoms with Crippen LogP contribution in [0.5, 0.6) is 0 Å². The summed E-state index contributed by atoms with van der Waals surface area (Å²) in [4.78, 5) is 11.3. The SMILES string of the molecule is CC(N)CCCC(=O)NCCS(=O)(=O)N(C)C. The van der Waals surface area contributed by atoms with E-state index in [4.69, 9.17) is 5.73 Å². The van der Waals surface area contributed by atoms with E-state index < -0.39 is 10.0 Å². The third-order valence-corrected chi connectivity index (χ3v) is 4.13. The number of hydrogen-bond acceptors (Lipinski definition) is 4. The van der Waals surface area contributed by atoms with Gasteiger partial charge >= 0.3 is 0 Å². The van der Waals surface area contributed by atoms with Gasteiger partial charge in [0.15, 0.2) is 0 Å². The number of hydrogen-bond donors (Lipinski definition) is 2. The molecule has 0 aliphatic heterocycles. The Labute approximate surface area is 104 Å². The van der Waals surface area contributed by atoms with Gasteiger partial charge in [-0.3, -0.25) is 4.79 Å². The van der Waals surface area contributed by atoms with Crippen molar-refractivity contribution in [1.29, 1.82) is 0 Å². The molecule has 0 aliphatic carbocycles. The Balaban J connectivity index is 3.72. The molecule has 0 aromatic carbocycles. The molecule has 0 rings (SSSR count). The van der Waals surface area contributed by atoms with Crippen molar-refractivity contribution in [2.75, 3.05) is 26.4 Å². The van der Waals surface area contributed by atoms with Crippen molar-refractivity contribution in [3.8, 4) is 0 Å². The predicted molar refractivity (Wildman–Crippen MR) is 68.0 cm³/mol. The first-order valence-electron chi connectivity index (χ1n) is 5.68. The zero-order valence-electron chi connectivity index (χ0n) is 10.8. The lowest BCUT2D eigenvalue weighted by Crippen LogP contribution is -2.33. The van der Waals surface area contributed by atoms with Crippen LogP contribution in [-0.4, -0.2) is 51.1 Å². The van der Waals surface area contributed by atoms with Gasteiger partial charge in [-0.25, -0.2) is 12.7 Å². The quantitative estimate of drug-likeness (QED) is 0.619. The van der Waals surface area contributed by atoms with Crippen molar-refractivity contribution >= 4 is 15.9 Å². The number of sulfonamides is 1. The first-order valence-corrected chi connectivity index (χ1v) is 7.29. The molecule has 0 spiro atoms. The molecule has 1 amide bonds. The maximum atomic E-state index is 11.4. The lowest BCUT2D eigenvalue weighted by Gasteiger charge is -2.11. The number of rotatable bonds is 8. The highest BCUT2D eigenvalue weighted by molar-refractivity contribution is 7.89. The Morgan fingerprint density at radius 1 is 1.41 bits per heavy atom. The van der Waals surface area contributed by atoms with Gasteiger partial charge in [-0.05, 0) is 19.8 Å². The lowest BCUT2D eigenvalue weighted by molar-refractivity contribution is -0.121. The largest absolute Gasteiger partial charge is 0.355 e. The average molecular weight is 265 g/mol. The van der Waals surface area contributed by atoms with Crippen LogP contribution in [0.15, 0.2) is 0 Å². The van der Waals surface area contributed by atoms with Crippen molar-refractivity contribution in [1.82, 2.24) is 9.62 Å². The molecular formula is C10H23N3O3S. The second-order valence-corrected chi connectivity index (χ2v) is 6.62. The molecule has 7 heteroatoms. The molecule has 102 valence electrons. The summed E-state index contributed by atoms with van der Waals surface area (Å²) in [6.07, 6.45) is 1.91. The predicted octanol–water partition coefficient (Wildman–Crippen LogP) is -0.488. The summed E-state index contributed by atoms with van der Waals surface area (Å²) >= 11 is 0. The summed E-state index contributed by atoms with van der Waals surface area (Å²) in [6, 6.07) is 0.0944. The lowest BCUT2D eigenvalue weighted by atomic mass is 10.1. The van der Waals surface area contributed by atoms with Gasteiger partial charge in [-0.15, -0.1) is 0 Å². The molecule has 0 radical (unpaired) electrons. The molecule has 0 saturated carbocycles. The van der Waals surface area contributed by atoms with Gasteiger partial charge in [-0.1, -0.05) is 0 Å². The smallest absolute Gasteiger partial charge is 0.220 e. The number of nitrogens with zero attached hydrogens (tertiary/aromatic N) is 1. The summed E-state index contributed by atoms with van der Waals surface area (Å²) in [6.45, 7) is 2.04. The molecule has 3 N–H and O–H groups in total. The molecule has 0 saturated heterocycles. The molecule has 0 bridgehead atoms. The van der Waals surface area contributed by atoms with E-state index in [1.54, 1.807) is 0 Å². The molecule has 1 unspecified atom stereocenters. The fourth-order valence-corrected chi connectivity index (χ4v) is 1.90. The van der Waals surface area contributed by atoms with Gasteiger partial charge in [0.2, 0.25) is 15.9 Å². The summed E-state index contributed by atoms with van der Waals surface area (Å²) in [5.74, 6) is -0.196. The number of nitrogens with two attached hydrogens (primary N) is 1. The standard InChI is InChI=1S/C10H23N3O3S/c1-9(11)5-4-6-10(14)12-7-8-17(15,16)13(2)3/h9H,4-8,11H2,1-3H3,(H,12,14). The summed E-state index contributed by atoms with van der Waals surface area (Å²) in [5, 5.41) is 2.58. The first-order chi connectivity index (χ1) is 7.75. The highest BCUT2D eigenvalue weighted by Gasteiger charge is 2.13. The number of amides is 1. The van der Waals surface area contributed by atoms with E-state index in [0.717, 1.165) is 17.1 Å². The highest BCUT2D eigenvalue weighted by atomic mass is 32.2. The fourth-order valence-electron chi connectivity index (χ4n) is 1.17. The molecule has 6 nitrogen and oxygen atoms in total. The van der Waals surface area contributed by atoms with E-state index >= 15 is 0 Å². The third kappa shape index (κ3) is 8.12. The van der Waals surface area contributed by atoms with Crippen molar-refractivity contribution in [3.05, 3.63) is 0 Å². The van der Waals surface area contributed by atoms with E-state index in [-0.39, 0.29) is 24.2 Å². The van der Waals surface area contributed by atoms with Gasteiger partial charge < -0.3 is 11.1 Å². The Kier molecular flexibility index (Phi) is 7.33. The van der Waals surface area contributed by atoms with Crippen LogP contribution < -0.4 is 11.1 Å². The summed E-state index contributed by atoms with van der Waals surface area (Å²) < 4.78 is 23.9. The van der Waals surface area contributed by atoms with Gasteiger partial charge in [0.1, 0.15) is 0 Å². The van der Waals surface area contributed by atoms with Crippen molar-refractivity contribution in [2.45, 2.75) is 32.2 Å². The maximum Gasteiger partial charge on any atom is 0.220 e. The van der Waals surface area contributed by atoms with E-state index in [0.29, 0.717) is 6.42 Å². The van der Waals surface area contributed by atoms with Crippen LogP contribution in [0.25, 0.3) is 0 Å². The van der Waals surface area contributed by atoms with Gasteiger partial charge in [0.25, 0.3) is 0 Å². The second-order valence-electron chi connectivity index (χ2n) is 4.32. The molecule has 17 heavy (non-hydrogen) atoms. The third-order valence-electron chi connectivity index (χ3n) is 2.30. The fraction of sp³-hybridized carbons (Fsp3) is 0.900. The van der Waals surface area contributed by atoms with Crippen LogP contribution in [-0.2, 0) is 14.8 Å². The van der Waals surface area contributed by atoms with Crippen LogP contribution in [0.4, 0.5) is 0 Å². The maximum absolute atomic E-state index is 11.4.